The summed E-state index contributed by atoms with van der Waals surface area (Å²) in [6, 6.07) is 6.42. The van der Waals surface area contributed by atoms with E-state index < -0.39 is 0 Å². The summed E-state index contributed by atoms with van der Waals surface area (Å²) in [7, 11) is 0. The molecule has 2 nitrogen and oxygen atoms in total. The number of hydrogen-bond acceptors (Lipinski definition) is 2. The Morgan fingerprint density at radius 2 is 2.27 bits per heavy atom. The molecule has 1 unspecified atom stereocenters. The van der Waals surface area contributed by atoms with Crippen LogP contribution in [0.2, 0.25) is 0 Å². The highest BCUT2D eigenvalue weighted by atomic mass is 16.5. The van der Waals surface area contributed by atoms with Gasteiger partial charge in [-0.3, -0.25) is 0 Å². The highest BCUT2D eigenvalue weighted by Gasteiger charge is 2.23. The zero-order valence-electron chi connectivity index (χ0n) is 9.49. The Morgan fingerprint density at radius 1 is 1.47 bits per heavy atom. The summed E-state index contributed by atoms with van der Waals surface area (Å²) in [5.74, 6) is 2.08. The highest BCUT2D eigenvalue weighted by Crippen LogP contribution is 2.38. The molecule has 2 N–H and O–H groups in total. The van der Waals surface area contributed by atoms with Gasteiger partial charge in [0.2, 0.25) is 0 Å². The fourth-order valence-electron chi connectivity index (χ4n) is 2.22. The zero-order valence-corrected chi connectivity index (χ0v) is 9.49. The maximum absolute atomic E-state index is 5.79. The molecular formula is C13H19NO. The topological polar surface area (TPSA) is 35.2 Å². The highest BCUT2D eigenvalue weighted by molar-refractivity contribution is 5.46. The van der Waals surface area contributed by atoms with Crippen LogP contribution in [0.25, 0.3) is 0 Å². The maximum Gasteiger partial charge on any atom is 0.126 e. The molecule has 0 aromatic heterocycles. The number of rotatable bonds is 2. The van der Waals surface area contributed by atoms with Gasteiger partial charge in [0.15, 0.2) is 0 Å². The Bertz CT molecular complexity index is 346. The van der Waals surface area contributed by atoms with Crippen LogP contribution in [0.5, 0.6) is 5.75 Å². The molecule has 2 rings (SSSR count). The molecular weight excluding hydrogens is 186 g/mol. The van der Waals surface area contributed by atoms with Gasteiger partial charge in [0.1, 0.15) is 5.75 Å². The van der Waals surface area contributed by atoms with Crippen molar-refractivity contribution in [2.45, 2.75) is 32.1 Å². The second-order valence-electron chi connectivity index (χ2n) is 4.49. The molecule has 0 amide bonds. The van der Waals surface area contributed by atoms with Gasteiger partial charge in [0, 0.05) is 5.92 Å². The molecule has 0 spiro atoms. The predicted octanol–water partition coefficient (Wildman–Crippen LogP) is 2.63. The van der Waals surface area contributed by atoms with Crippen LogP contribution in [0, 0.1) is 0 Å². The minimum atomic E-state index is 0.479. The van der Waals surface area contributed by atoms with Crippen molar-refractivity contribution in [3.05, 3.63) is 29.3 Å². The second kappa shape index (κ2) is 4.23. The molecule has 1 atom stereocenters. The average Bonchev–Trinajstić information content (AvgIpc) is 2.27. The summed E-state index contributed by atoms with van der Waals surface area (Å²) in [5.41, 5.74) is 8.40. The number of hydrogen-bond donors (Lipinski definition) is 1. The number of ether oxygens (including phenoxy) is 1. The van der Waals surface area contributed by atoms with Crippen LogP contribution in [0.4, 0.5) is 0 Å². The van der Waals surface area contributed by atoms with Crippen LogP contribution in [0.15, 0.2) is 18.2 Å². The molecule has 1 heterocycles. The van der Waals surface area contributed by atoms with Crippen molar-refractivity contribution >= 4 is 0 Å². The van der Waals surface area contributed by atoms with Gasteiger partial charge in [0.05, 0.1) is 6.61 Å². The average molecular weight is 205 g/mol. The molecule has 2 heteroatoms. The summed E-state index contributed by atoms with van der Waals surface area (Å²) in [4.78, 5) is 0. The molecule has 1 aliphatic heterocycles. The van der Waals surface area contributed by atoms with Crippen molar-refractivity contribution < 1.29 is 4.74 Å². The zero-order chi connectivity index (χ0) is 10.8. The van der Waals surface area contributed by atoms with E-state index in [0.717, 1.165) is 25.3 Å². The SMILES string of the molecule is CC(C)c1cccc2c1OCCC2CN. The van der Waals surface area contributed by atoms with Crippen LogP contribution in [0.3, 0.4) is 0 Å². The van der Waals surface area contributed by atoms with Crippen LogP contribution in [-0.4, -0.2) is 13.2 Å². The van der Waals surface area contributed by atoms with Gasteiger partial charge in [-0.2, -0.15) is 0 Å². The van der Waals surface area contributed by atoms with Crippen molar-refractivity contribution in [1.29, 1.82) is 0 Å². The lowest BCUT2D eigenvalue weighted by Crippen LogP contribution is -2.21. The Kier molecular flexibility index (Phi) is 2.96. The largest absolute Gasteiger partial charge is 0.493 e. The number of nitrogens with two attached hydrogens (primary N) is 1. The van der Waals surface area contributed by atoms with Gasteiger partial charge in [-0.15, -0.1) is 0 Å². The van der Waals surface area contributed by atoms with Gasteiger partial charge in [0.25, 0.3) is 0 Å². The Labute approximate surface area is 91.4 Å². The van der Waals surface area contributed by atoms with Gasteiger partial charge in [-0.1, -0.05) is 32.0 Å². The van der Waals surface area contributed by atoms with E-state index in [4.69, 9.17) is 10.5 Å². The fraction of sp³-hybridized carbons (Fsp3) is 0.538. The lowest BCUT2D eigenvalue weighted by Gasteiger charge is -2.27. The van der Waals surface area contributed by atoms with Gasteiger partial charge in [-0.25, -0.2) is 0 Å². The van der Waals surface area contributed by atoms with E-state index >= 15 is 0 Å². The molecule has 0 saturated carbocycles. The first-order chi connectivity index (χ1) is 7.24. The van der Waals surface area contributed by atoms with Gasteiger partial charge < -0.3 is 10.5 Å². The van der Waals surface area contributed by atoms with Crippen molar-refractivity contribution in [2.75, 3.05) is 13.2 Å². The van der Waals surface area contributed by atoms with E-state index in [1.54, 1.807) is 0 Å². The third kappa shape index (κ3) is 1.86. The summed E-state index contributed by atoms with van der Waals surface area (Å²) in [6.07, 6.45) is 1.05. The van der Waals surface area contributed by atoms with E-state index in [1.807, 2.05) is 0 Å². The third-order valence-corrected chi connectivity index (χ3v) is 3.14. The number of benzene rings is 1. The minimum absolute atomic E-state index is 0.479. The summed E-state index contributed by atoms with van der Waals surface area (Å²) < 4.78 is 5.79. The van der Waals surface area contributed by atoms with E-state index in [2.05, 4.69) is 32.0 Å². The third-order valence-electron chi connectivity index (χ3n) is 3.14. The minimum Gasteiger partial charge on any atom is -0.493 e. The predicted molar refractivity (Wildman–Crippen MR) is 62.4 cm³/mol. The smallest absolute Gasteiger partial charge is 0.126 e. The Balaban J connectivity index is 2.46. The standard InChI is InChI=1S/C13H19NO/c1-9(2)11-4-3-5-12-10(8-14)6-7-15-13(11)12/h3-5,9-10H,6-8,14H2,1-2H3. The molecule has 0 bridgehead atoms. The van der Waals surface area contributed by atoms with Gasteiger partial charge in [-0.05, 0) is 30.0 Å². The number of fused-ring (bicyclic) bond motifs is 1. The van der Waals surface area contributed by atoms with Crippen molar-refractivity contribution in [2.24, 2.45) is 5.73 Å². The van der Waals surface area contributed by atoms with Crippen LogP contribution in [-0.2, 0) is 0 Å². The van der Waals surface area contributed by atoms with Crippen LogP contribution < -0.4 is 10.5 Å². The van der Waals surface area contributed by atoms with Gasteiger partial charge >= 0.3 is 0 Å². The summed E-state index contributed by atoms with van der Waals surface area (Å²) in [5, 5.41) is 0. The maximum atomic E-state index is 5.79. The first kappa shape index (κ1) is 10.5. The lowest BCUT2D eigenvalue weighted by atomic mass is 9.89. The molecule has 0 aliphatic carbocycles. The summed E-state index contributed by atoms with van der Waals surface area (Å²) >= 11 is 0. The fourth-order valence-corrected chi connectivity index (χ4v) is 2.22. The molecule has 15 heavy (non-hydrogen) atoms. The lowest BCUT2D eigenvalue weighted by molar-refractivity contribution is 0.265. The van der Waals surface area contributed by atoms with E-state index in [-0.39, 0.29) is 0 Å². The van der Waals surface area contributed by atoms with Crippen LogP contribution >= 0.6 is 0 Å². The summed E-state index contributed by atoms with van der Waals surface area (Å²) in [6.45, 7) is 5.92. The molecule has 82 valence electrons. The number of para-hydroxylation sites is 1. The molecule has 0 fully saturated rings. The van der Waals surface area contributed by atoms with Crippen molar-refractivity contribution in [3.8, 4) is 5.75 Å². The monoisotopic (exact) mass is 205 g/mol. The first-order valence-electron chi connectivity index (χ1n) is 5.69. The molecule has 1 aromatic carbocycles. The quantitative estimate of drug-likeness (QED) is 0.805. The second-order valence-corrected chi connectivity index (χ2v) is 4.49. The Hall–Kier alpha value is -1.02. The van der Waals surface area contributed by atoms with Crippen LogP contribution in [0.1, 0.15) is 43.2 Å². The molecule has 1 aliphatic rings. The Morgan fingerprint density at radius 3 is 2.93 bits per heavy atom. The molecule has 0 radical (unpaired) electrons. The first-order valence-corrected chi connectivity index (χ1v) is 5.69. The van der Waals surface area contributed by atoms with E-state index in [1.165, 1.54) is 11.1 Å². The molecule has 0 saturated heterocycles. The normalized spacial score (nSPS) is 19.9. The van der Waals surface area contributed by atoms with E-state index in [9.17, 15) is 0 Å². The van der Waals surface area contributed by atoms with Crippen molar-refractivity contribution in [3.63, 3.8) is 0 Å². The van der Waals surface area contributed by atoms with E-state index in [0.29, 0.717) is 11.8 Å². The van der Waals surface area contributed by atoms with Crippen molar-refractivity contribution in [1.82, 2.24) is 0 Å². The molecule has 1 aromatic rings.